The number of hydrogen-bond acceptors (Lipinski definition) is 6. The van der Waals surface area contributed by atoms with Gasteiger partial charge in [0.2, 0.25) is 11.8 Å². The van der Waals surface area contributed by atoms with Crippen LogP contribution in [0.2, 0.25) is 10.0 Å². The lowest BCUT2D eigenvalue weighted by Crippen LogP contribution is -2.64. The monoisotopic (exact) mass is 632 g/mol. The number of ether oxygens (including phenoxy) is 1. The third-order valence-electron chi connectivity index (χ3n) is 9.59. The molecule has 0 radical (unpaired) electrons. The van der Waals surface area contributed by atoms with Gasteiger partial charge in [0.1, 0.15) is 6.10 Å². The zero-order valence-electron chi connectivity index (χ0n) is 24.7. The smallest absolute Gasteiger partial charge is 0.257 e. The molecule has 1 aromatic heterocycles. The van der Waals surface area contributed by atoms with Crippen LogP contribution in [0.25, 0.3) is 0 Å². The van der Waals surface area contributed by atoms with Gasteiger partial charge in [0.15, 0.2) is 0 Å². The standard InChI is InChI=1S/C33H34Cl2N6O3/c1-32(2)12-24(32)31(43)40-19-33(20-40)18-39(30(42)23-13-37-41(16-23)15-21-6-4-3-5-7-21)17-25(33)28-14-36-38-29(44-28)11-22-8-9-26(34)27(35)10-22/h3-10,13-14,16,24-25,28H,11-12,15,17-20H2,1-2H3/t24-,25+,28?/m1/s1. The molecule has 1 unspecified atom stereocenters. The fraction of sp³-hybridized carbons (Fsp3) is 0.424. The summed E-state index contributed by atoms with van der Waals surface area (Å²) in [5.41, 5.74) is 2.33. The predicted molar refractivity (Wildman–Crippen MR) is 169 cm³/mol. The molecule has 1 saturated carbocycles. The Morgan fingerprint density at radius 1 is 1.00 bits per heavy atom. The molecule has 9 nitrogen and oxygen atoms in total. The average molecular weight is 634 g/mol. The molecular formula is C33H34Cl2N6O3. The summed E-state index contributed by atoms with van der Waals surface area (Å²) in [6.07, 6.45) is 6.11. The highest BCUT2D eigenvalue weighted by molar-refractivity contribution is 6.42. The molecular weight excluding hydrogens is 599 g/mol. The molecule has 3 aliphatic heterocycles. The summed E-state index contributed by atoms with van der Waals surface area (Å²) in [5.74, 6) is 0.628. The van der Waals surface area contributed by atoms with Crippen LogP contribution in [0.3, 0.4) is 0 Å². The van der Waals surface area contributed by atoms with Gasteiger partial charge in [-0.1, -0.05) is 73.4 Å². The van der Waals surface area contributed by atoms with E-state index in [4.69, 9.17) is 27.9 Å². The molecule has 1 spiro atoms. The second-order valence-electron chi connectivity index (χ2n) is 13.3. The van der Waals surface area contributed by atoms with Crippen LogP contribution < -0.4 is 0 Å². The molecule has 7 rings (SSSR count). The summed E-state index contributed by atoms with van der Waals surface area (Å²) in [6, 6.07) is 15.5. The van der Waals surface area contributed by atoms with Crippen molar-refractivity contribution in [2.75, 3.05) is 26.2 Å². The first-order valence-corrected chi connectivity index (χ1v) is 15.7. The van der Waals surface area contributed by atoms with Crippen LogP contribution in [-0.2, 0) is 22.5 Å². The van der Waals surface area contributed by atoms with Gasteiger partial charge >= 0.3 is 0 Å². The van der Waals surface area contributed by atoms with Crippen molar-refractivity contribution in [1.82, 2.24) is 19.6 Å². The van der Waals surface area contributed by atoms with Gasteiger partial charge in [-0.2, -0.15) is 10.2 Å². The number of hydrogen-bond donors (Lipinski definition) is 0. The molecule has 228 valence electrons. The third-order valence-corrected chi connectivity index (χ3v) is 10.3. The number of carbonyl (C=O) groups excluding carboxylic acids is 2. The maximum Gasteiger partial charge on any atom is 0.257 e. The van der Waals surface area contributed by atoms with Crippen molar-refractivity contribution < 1.29 is 14.3 Å². The van der Waals surface area contributed by atoms with E-state index in [2.05, 4.69) is 29.1 Å². The Kier molecular flexibility index (Phi) is 7.28. The van der Waals surface area contributed by atoms with Crippen molar-refractivity contribution in [2.24, 2.45) is 32.9 Å². The normalized spacial score (nSPS) is 24.5. The number of likely N-dealkylation sites (tertiary alicyclic amines) is 2. The third kappa shape index (κ3) is 5.52. The number of benzene rings is 2. The zero-order valence-corrected chi connectivity index (χ0v) is 26.2. The van der Waals surface area contributed by atoms with E-state index in [1.165, 1.54) is 0 Å². The lowest BCUT2D eigenvalue weighted by Gasteiger charge is -2.52. The first-order chi connectivity index (χ1) is 21.1. The molecule has 3 fully saturated rings. The van der Waals surface area contributed by atoms with Crippen LogP contribution in [0.15, 0.2) is 71.1 Å². The van der Waals surface area contributed by atoms with E-state index in [0.717, 1.165) is 17.5 Å². The number of amides is 2. The minimum Gasteiger partial charge on any atom is -0.470 e. The number of carbonyl (C=O) groups is 2. The molecule has 2 aromatic carbocycles. The molecule has 2 saturated heterocycles. The van der Waals surface area contributed by atoms with Crippen LogP contribution in [0.1, 0.15) is 41.8 Å². The Morgan fingerprint density at radius 3 is 2.48 bits per heavy atom. The molecule has 0 bridgehead atoms. The fourth-order valence-electron chi connectivity index (χ4n) is 6.89. The van der Waals surface area contributed by atoms with Crippen LogP contribution in [0.4, 0.5) is 0 Å². The van der Waals surface area contributed by atoms with Gasteiger partial charge in [-0.3, -0.25) is 14.3 Å². The summed E-state index contributed by atoms with van der Waals surface area (Å²) >= 11 is 12.3. The van der Waals surface area contributed by atoms with Gasteiger partial charge in [0.05, 0.1) is 41.0 Å². The number of rotatable bonds is 7. The van der Waals surface area contributed by atoms with Crippen molar-refractivity contribution >= 4 is 47.1 Å². The van der Waals surface area contributed by atoms with Gasteiger partial charge in [0.25, 0.3) is 5.91 Å². The van der Waals surface area contributed by atoms with E-state index in [1.807, 2.05) is 52.4 Å². The lowest BCUT2D eigenvalue weighted by atomic mass is 9.69. The highest BCUT2D eigenvalue weighted by atomic mass is 35.5. The van der Waals surface area contributed by atoms with Crippen LogP contribution in [0.5, 0.6) is 0 Å². The Bertz CT molecular complexity index is 1660. The van der Waals surface area contributed by atoms with Crippen molar-refractivity contribution in [3.63, 3.8) is 0 Å². The van der Waals surface area contributed by atoms with E-state index in [0.29, 0.717) is 60.7 Å². The highest BCUT2D eigenvalue weighted by Gasteiger charge is 2.62. The number of nitrogens with zero attached hydrogens (tertiary/aromatic N) is 6. The zero-order chi connectivity index (χ0) is 30.6. The summed E-state index contributed by atoms with van der Waals surface area (Å²) in [4.78, 5) is 30.9. The summed E-state index contributed by atoms with van der Waals surface area (Å²) in [5, 5.41) is 14.0. The van der Waals surface area contributed by atoms with Gasteiger partial charge < -0.3 is 14.5 Å². The van der Waals surface area contributed by atoms with E-state index in [9.17, 15) is 9.59 Å². The van der Waals surface area contributed by atoms with E-state index < -0.39 is 6.10 Å². The quantitative estimate of drug-likeness (QED) is 0.357. The van der Waals surface area contributed by atoms with Gasteiger partial charge in [-0.25, -0.2) is 0 Å². The molecule has 3 atom stereocenters. The predicted octanol–water partition coefficient (Wildman–Crippen LogP) is 5.21. The van der Waals surface area contributed by atoms with Gasteiger partial charge in [-0.05, 0) is 35.1 Å². The van der Waals surface area contributed by atoms with Gasteiger partial charge in [-0.15, -0.1) is 5.10 Å². The number of halogens is 2. The van der Waals surface area contributed by atoms with Gasteiger partial charge in [0, 0.05) is 49.6 Å². The Morgan fingerprint density at radius 2 is 1.75 bits per heavy atom. The molecule has 4 heterocycles. The number of aromatic nitrogens is 2. The van der Waals surface area contributed by atoms with E-state index in [-0.39, 0.29) is 34.5 Å². The topological polar surface area (TPSA) is 92.4 Å². The maximum atomic E-state index is 13.8. The average Bonchev–Trinajstić information content (AvgIpc) is 3.30. The lowest BCUT2D eigenvalue weighted by molar-refractivity contribution is -0.148. The van der Waals surface area contributed by atoms with Crippen LogP contribution >= 0.6 is 23.2 Å². The second kappa shape index (κ2) is 11.0. The maximum absolute atomic E-state index is 13.8. The van der Waals surface area contributed by atoms with Crippen molar-refractivity contribution in [3.8, 4) is 0 Å². The molecule has 1 aliphatic carbocycles. The first-order valence-electron chi connectivity index (χ1n) is 15.0. The highest BCUT2D eigenvalue weighted by Crippen LogP contribution is 2.55. The molecule has 4 aliphatic rings. The SMILES string of the molecule is CC1(C)C[C@@H]1C(=O)N1CC2(CN(C(=O)c3cnn(Cc4ccccc4)c3)C[C@H]2C2C=NN=C(Cc3ccc(Cl)c(Cl)c3)O2)C1. The second-order valence-corrected chi connectivity index (χ2v) is 14.1. The van der Waals surface area contributed by atoms with Crippen molar-refractivity contribution in [3.05, 3.63) is 87.7 Å². The molecule has 44 heavy (non-hydrogen) atoms. The fourth-order valence-corrected chi connectivity index (χ4v) is 7.21. The van der Waals surface area contributed by atoms with Crippen molar-refractivity contribution in [1.29, 1.82) is 0 Å². The minimum atomic E-state index is -0.390. The van der Waals surface area contributed by atoms with Crippen LogP contribution in [0, 0.1) is 22.7 Å². The Hall–Kier alpha value is -3.69. The largest absolute Gasteiger partial charge is 0.470 e. The van der Waals surface area contributed by atoms with E-state index in [1.54, 1.807) is 29.2 Å². The molecule has 3 aromatic rings. The Labute approximate surface area is 266 Å². The minimum absolute atomic E-state index is 0.0614. The molecule has 11 heteroatoms. The molecule has 0 N–H and O–H groups in total. The summed E-state index contributed by atoms with van der Waals surface area (Å²) in [7, 11) is 0. The molecule has 2 amide bonds. The van der Waals surface area contributed by atoms with Crippen LogP contribution in [-0.4, -0.2) is 75.8 Å². The summed E-state index contributed by atoms with van der Waals surface area (Å²) < 4.78 is 8.22. The van der Waals surface area contributed by atoms with E-state index >= 15 is 0 Å². The Balaban J connectivity index is 1.08. The summed E-state index contributed by atoms with van der Waals surface area (Å²) in [6.45, 7) is 7.07. The first kappa shape index (κ1) is 29.0. The van der Waals surface area contributed by atoms with Crippen molar-refractivity contribution in [2.45, 2.75) is 39.3 Å².